The van der Waals surface area contributed by atoms with Crippen LogP contribution in [0.3, 0.4) is 0 Å². The molecule has 1 aromatic heterocycles. The van der Waals surface area contributed by atoms with E-state index in [1.165, 1.54) is 41.7 Å². The summed E-state index contributed by atoms with van der Waals surface area (Å²) in [5, 5.41) is 2.06. The third-order valence-corrected chi connectivity index (χ3v) is 7.59. The van der Waals surface area contributed by atoms with Crippen molar-refractivity contribution in [3.63, 3.8) is 0 Å². The maximum Gasteiger partial charge on any atom is 0.254 e. The lowest BCUT2D eigenvalue weighted by molar-refractivity contribution is -0.133. The summed E-state index contributed by atoms with van der Waals surface area (Å²) in [6.07, 6.45) is 5.95. The summed E-state index contributed by atoms with van der Waals surface area (Å²) in [5.41, 5.74) is 4.17. The molecule has 3 aromatic rings. The van der Waals surface area contributed by atoms with E-state index in [-0.39, 0.29) is 24.4 Å². The maximum absolute atomic E-state index is 13.6. The zero-order valence-electron chi connectivity index (χ0n) is 22.2. The predicted molar refractivity (Wildman–Crippen MR) is 150 cm³/mol. The summed E-state index contributed by atoms with van der Waals surface area (Å²) in [7, 11) is 0. The Hall–Kier alpha value is -2.92. The Kier molecular flexibility index (Phi) is 10.7. The Balaban J connectivity index is 1.72. The fraction of sp³-hybridized carbons (Fsp3) is 0.419. The predicted octanol–water partition coefficient (Wildman–Crippen LogP) is 7.26. The van der Waals surface area contributed by atoms with E-state index in [1.54, 1.807) is 16.2 Å². The highest BCUT2D eigenvalue weighted by atomic mass is 32.1. The molecule has 5 heteroatoms. The van der Waals surface area contributed by atoms with Crippen LogP contribution in [-0.4, -0.2) is 34.2 Å². The third kappa shape index (κ3) is 8.06. The number of thiophene rings is 1. The molecule has 0 aliphatic rings. The molecule has 2 aromatic carbocycles. The van der Waals surface area contributed by atoms with Crippen LogP contribution in [0.25, 0.3) is 0 Å². The average Bonchev–Trinajstić information content (AvgIpc) is 3.29. The van der Waals surface area contributed by atoms with E-state index in [9.17, 15) is 9.59 Å². The van der Waals surface area contributed by atoms with Crippen LogP contribution < -0.4 is 0 Å². The number of hydrogen-bond acceptors (Lipinski definition) is 3. The molecule has 3 rings (SSSR count). The van der Waals surface area contributed by atoms with E-state index in [4.69, 9.17) is 0 Å². The van der Waals surface area contributed by atoms with Crippen LogP contribution >= 0.6 is 11.3 Å². The Bertz CT molecular complexity index is 1090. The van der Waals surface area contributed by atoms with E-state index in [1.807, 2.05) is 61.2 Å². The zero-order valence-corrected chi connectivity index (χ0v) is 23.0. The SMILES string of the molecule is CCCCCCc1ccc(C(=O)N(CC(=O)N(Cc2ccccc2)Cc2sccc2C)C(C)C)cc1. The first kappa shape index (κ1) is 27.7. The van der Waals surface area contributed by atoms with Crippen LogP contribution in [0.15, 0.2) is 66.0 Å². The van der Waals surface area contributed by atoms with Gasteiger partial charge in [-0.3, -0.25) is 9.59 Å². The van der Waals surface area contributed by atoms with Gasteiger partial charge in [0.25, 0.3) is 5.91 Å². The monoisotopic (exact) mass is 504 g/mol. The van der Waals surface area contributed by atoms with Gasteiger partial charge in [0.1, 0.15) is 6.54 Å². The molecule has 0 bridgehead atoms. The first-order chi connectivity index (χ1) is 17.4. The lowest BCUT2D eigenvalue weighted by Gasteiger charge is -2.30. The molecular formula is C31H40N2O2S. The van der Waals surface area contributed by atoms with E-state index < -0.39 is 0 Å². The number of carbonyl (C=O) groups excluding carboxylic acids is 2. The topological polar surface area (TPSA) is 40.6 Å². The maximum atomic E-state index is 13.6. The van der Waals surface area contributed by atoms with Crippen LogP contribution in [0.4, 0.5) is 0 Å². The molecule has 0 aliphatic heterocycles. The minimum absolute atomic E-state index is 0.0405. The van der Waals surface area contributed by atoms with E-state index >= 15 is 0 Å². The molecule has 0 radical (unpaired) electrons. The molecular weight excluding hydrogens is 464 g/mol. The van der Waals surface area contributed by atoms with Gasteiger partial charge < -0.3 is 9.80 Å². The van der Waals surface area contributed by atoms with Crippen molar-refractivity contribution in [2.45, 2.75) is 78.9 Å². The highest BCUT2D eigenvalue weighted by molar-refractivity contribution is 7.10. The van der Waals surface area contributed by atoms with Crippen molar-refractivity contribution >= 4 is 23.2 Å². The first-order valence-electron chi connectivity index (χ1n) is 13.1. The normalized spacial score (nSPS) is 11.0. The summed E-state index contributed by atoms with van der Waals surface area (Å²) >= 11 is 1.67. The Morgan fingerprint density at radius 3 is 2.19 bits per heavy atom. The fourth-order valence-corrected chi connectivity index (χ4v) is 5.17. The van der Waals surface area contributed by atoms with Crippen molar-refractivity contribution in [3.8, 4) is 0 Å². The number of benzene rings is 2. The summed E-state index contributed by atoms with van der Waals surface area (Å²) in [6.45, 7) is 9.36. The number of carbonyl (C=O) groups is 2. The number of nitrogens with zero attached hydrogens (tertiary/aromatic N) is 2. The van der Waals surface area contributed by atoms with Gasteiger partial charge in [0.2, 0.25) is 5.91 Å². The largest absolute Gasteiger partial charge is 0.332 e. The molecule has 0 fully saturated rings. The quantitative estimate of drug-likeness (QED) is 0.230. The van der Waals surface area contributed by atoms with E-state index in [0.717, 1.165) is 12.0 Å². The van der Waals surface area contributed by atoms with Crippen molar-refractivity contribution in [1.29, 1.82) is 0 Å². The highest BCUT2D eigenvalue weighted by Crippen LogP contribution is 2.20. The minimum Gasteiger partial charge on any atom is -0.332 e. The molecule has 2 amide bonds. The Morgan fingerprint density at radius 2 is 1.58 bits per heavy atom. The summed E-state index contributed by atoms with van der Waals surface area (Å²) in [6, 6.07) is 20.0. The van der Waals surface area contributed by atoms with Gasteiger partial charge in [0, 0.05) is 23.0 Å². The molecule has 0 N–H and O–H groups in total. The average molecular weight is 505 g/mol. The van der Waals surface area contributed by atoms with Gasteiger partial charge in [-0.05, 0) is 73.9 Å². The number of unbranched alkanes of at least 4 members (excludes halogenated alkanes) is 3. The van der Waals surface area contributed by atoms with Crippen LogP contribution in [0.2, 0.25) is 0 Å². The second kappa shape index (κ2) is 14.0. The van der Waals surface area contributed by atoms with Crippen LogP contribution in [0, 0.1) is 6.92 Å². The zero-order chi connectivity index (χ0) is 25.9. The smallest absolute Gasteiger partial charge is 0.254 e. The van der Waals surface area contributed by atoms with Gasteiger partial charge in [-0.2, -0.15) is 0 Å². The number of rotatable bonds is 13. The molecule has 36 heavy (non-hydrogen) atoms. The Labute approximate surface area is 221 Å². The summed E-state index contributed by atoms with van der Waals surface area (Å²) < 4.78 is 0. The molecule has 0 unspecified atom stereocenters. The standard InChI is InChI=1S/C31H40N2O2S/c1-5-6-7-9-12-26-15-17-28(18-16-26)31(35)33(24(2)3)23-30(34)32(21-27-13-10-8-11-14-27)22-29-25(4)19-20-36-29/h8,10-11,13-20,24H,5-7,9,12,21-23H2,1-4H3. The summed E-state index contributed by atoms with van der Waals surface area (Å²) in [5.74, 6) is -0.135. The van der Waals surface area contributed by atoms with Gasteiger partial charge >= 0.3 is 0 Å². The van der Waals surface area contributed by atoms with Gasteiger partial charge in [-0.1, -0.05) is 68.7 Å². The van der Waals surface area contributed by atoms with Gasteiger partial charge in [-0.15, -0.1) is 11.3 Å². The Morgan fingerprint density at radius 1 is 0.861 bits per heavy atom. The van der Waals surface area contributed by atoms with Gasteiger partial charge in [0.05, 0.1) is 6.54 Å². The van der Waals surface area contributed by atoms with Crippen molar-refractivity contribution in [3.05, 3.63) is 93.2 Å². The number of hydrogen-bond donors (Lipinski definition) is 0. The second-order valence-corrected chi connectivity index (χ2v) is 10.8. The molecule has 192 valence electrons. The molecule has 0 saturated carbocycles. The van der Waals surface area contributed by atoms with Crippen LogP contribution in [0.5, 0.6) is 0 Å². The molecule has 1 heterocycles. The van der Waals surface area contributed by atoms with Crippen molar-refractivity contribution in [2.24, 2.45) is 0 Å². The second-order valence-electron chi connectivity index (χ2n) is 9.80. The van der Waals surface area contributed by atoms with Crippen molar-refractivity contribution < 1.29 is 9.59 Å². The van der Waals surface area contributed by atoms with Crippen LogP contribution in [0.1, 0.15) is 78.4 Å². The molecule has 0 atom stereocenters. The van der Waals surface area contributed by atoms with E-state index in [0.29, 0.717) is 18.7 Å². The summed E-state index contributed by atoms with van der Waals surface area (Å²) in [4.78, 5) is 31.8. The lowest BCUT2D eigenvalue weighted by atomic mass is 10.0. The molecule has 0 spiro atoms. The molecule has 4 nitrogen and oxygen atoms in total. The third-order valence-electron chi connectivity index (χ3n) is 6.58. The lowest BCUT2D eigenvalue weighted by Crippen LogP contribution is -2.45. The molecule has 0 aliphatic carbocycles. The van der Waals surface area contributed by atoms with Crippen LogP contribution in [-0.2, 0) is 24.3 Å². The van der Waals surface area contributed by atoms with Crippen molar-refractivity contribution in [2.75, 3.05) is 6.54 Å². The highest BCUT2D eigenvalue weighted by Gasteiger charge is 2.25. The molecule has 0 saturated heterocycles. The van der Waals surface area contributed by atoms with E-state index in [2.05, 4.69) is 37.4 Å². The number of amides is 2. The first-order valence-corrected chi connectivity index (χ1v) is 14.0. The van der Waals surface area contributed by atoms with Crippen molar-refractivity contribution in [1.82, 2.24) is 9.80 Å². The van der Waals surface area contributed by atoms with Gasteiger partial charge in [0.15, 0.2) is 0 Å². The minimum atomic E-state index is -0.0946. The fourth-order valence-electron chi connectivity index (χ4n) is 4.25. The van der Waals surface area contributed by atoms with Gasteiger partial charge in [-0.25, -0.2) is 0 Å². The number of aryl methyl sites for hydroxylation is 2.